The van der Waals surface area contributed by atoms with Gasteiger partial charge in [-0.3, -0.25) is 28.4 Å². The largest absolute Gasteiger partial charge is 0.490 e. The molecule has 228 valence electrons. The van der Waals surface area contributed by atoms with Crippen LogP contribution in [0, 0.1) is 0 Å². The van der Waals surface area contributed by atoms with Gasteiger partial charge < -0.3 is 34.5 Å². The Morgan fingerprint density at radius 1 is 0.929 bits per heavy atom. The minimum atomic E-state index is -5.79. The standard InChI is InChI=1S/C20H23N4O15P3/c25-16-4-7-23(20(28)24(16)10-14-8-12(3-6-22-14)13-2-1-5-21-9-13)19-18(27)17(26)15(37-19)11-36-41(32,33)39-42(34,35)38-40(29,30)31/h1-9,15,17-19,26-27H,10-11H2,(H,32,33)(H,34,35)(H2,29,30,31)/t15-,17?,18?,19-/m1/s1. The SMILES string of the molecule is O=c1ccn([C@@H]2O[C@H](COP(=O)(O)OP(=O)(O)OP(=O)(O)O)C(O)C2O)c(=O)n1Cc1cc(-c2cccnc2)ccn1. The Hall–Kier alpha value is -2.73. The smallest absolute Gasteiger partial charge is 0.387 e. The highest BCUT2D eigenvalue weighted by Gasteiger charge is 2.47. The molecule has 1 fully saturated rings. The number of aromatic nitrogens is 4. The summed E-state index contributed by atoms with van der Waals surface area (Å²) in [5.41, 5.74) is 0.115. The second-order valence-electron chi connectivity index (χ2n) is 8.64. The first kappa shape index (κ1) is 32.2. The summed E-state index contributed by atoms with van der Waals surface area (Å²) >= 11 is 0. The first-order chi connectivity index (χ1) is 19.6. The number of ether oxygens (including phenoxy) is 1. The minimum Gasteiger partial charge on any atom is -0.387 e. The summed E-state index contributed by atoms with van der Waals surface area (Å²) in [5, 5.41) is 20.9. The zero-order valence-electron chi connectivity index (χ0n) is 20.9. The van der Waals surface area contributed by atoms with E-state index in [2.05, 4.69) is 23.1 Å². The third-order valence-corrected chi connectivity index (χ3v) is 9.46. The minimum absolute atomic E-state index is 0.284. The monoisotopic (exact) mass is 652 g/mol. The van der Waals surface area contributed by atoms with Crippen LogP contribution in [0.15, 0.2) is 64.7 Å². The molecule has 0 saturated carbocycles. The Morgan fingerprint density at radius 2 is 1.67 bits per heavy atom. The van der Waals surface area contributed by atoms with E-state index < -0.39 is 65.9 Å². The zero-order chi connectivity index (χ0) is 30.9. The number of aliphatic hydroxyl groups excluding tert-OH is 2. The number of hydrogen-bond acceptors (Lipinski definition) is 13. The van der Waals surface area contributed by atoms with Crippen LogP contribution < -0.4 is 11.2 Å². The van der Waals surface area contributed by atoms with Crippen LogP contribution in [0.25, 0.3) is 11.1 Å². The van der Waals surface area contributed by atoms with Crippen LogP contribution in [0.1, 0.15) is 11.9 Å². The molecule has 6 atom stereocenters. The summed E-state index contributed by atoms with van der Waals surface area (Å²) in [4.78, 5) is 70.0. The molecule has 19 nitrogen and oxygen atoms in total. The van der Waals surface area contributed by atoms with Crippen LogP contribution in [-0.2, 0) is 38.1 Å². The molecule has 4 rings (SSSR count). The van der Waals surface area contributed by atoms with E-state index in [1.165, 1.54) is 6.20 Å². The molecule has 4 unspecified atom stereocenters. The summed E-state index contributed by atoms with van der Waals surface area (Å²) in [7, 11) is -17.0. The Kier molecular flexibility index (Phi) is 9.56. The zero-order valence-corrected chi connectivity index (χ0v) is 23.6. The van der Waals surface area contributed by atoms with Crippen molar-refractivity contribution in [3.05, 3.63) is 81.7 Å². The lowest BCUT2D eigenvalue weighted by molar-refractivity contribution is -0.0547. The maximum Gasteiger partial charge on any atom is 0.490 e. The molecule has 0 aliphatic carbocycles. The third-order valence-electron chi connectivity index (χ3n) is 5.66. The highest BCUT2D eigenvalue weighted by molar-refractivity contribution is 7.66. The molecule has 42 heavy (non-hydrogen) atoms. The molecule has 0 bridgehead atoms. The molecule has 3 aromatic heterocycles. The summed E-state index contributed by atoms with van der Waals surface area (Å²) in [6.07, 6.45) is -1.28. The molecular formula is C20H23N4O15P3. The number of nitrogens with zero attached hydrogens (tertiary/aromatic N) is 4. The van der Waals surface area contributed by atoms with E-state index in [1.807, 2.05) is 0 Å². The van der Waals surface area contributed by atoms with Crippen molar-refractivity contribution in [2.75, 3.05) is 6.61 Å². The Labute approximate surface area is 234 Å². The molecule has 0 amide bonds. The van der Waals surface area contributed by atoms with Gasteiger partial charge in [-0.05, 0) is 23.8 Å². The number of phosphoric ester groups is 1. The predicted octanol–water partition coefficient (Wildman–Crippen LogP) is -0.522. The topological polar surface area (TPSA) is 279 Å². The average molecular weight is 652 g/mol. The van der Waals surface area contributed by atoms with Crippen LogP contribution in [0.2, 0.25) is 0 Å². The highest BCUT2D eigenvalue weighted by atomic mass is 31.3. The molecule has 1 saturated heterocycles. The molecule has 0 spiro atoms. The average Bonchev–Trinajstić information content (AvgIpc) is 3.17. The van der Waals surface area contributed by atoms with Crippen molar-refractivity contribution < 1.29 is 61.4 Å². The van der Waals surface area contributed by atoms with Gasteiger partial charge in [0.2, 0.25) is 0 Å². The van der Waals surface area contributed by atoms with E-state index in [-0.39, 0.29) is 6.54 Å². The van der Waals surface area contributed by atoms with E-state index in [0.717, 1.165) is 27.0 Å². The lowest BCUT2D eigenvalue weighted by Gasteiger charge is -2.19. The van der Waals surface area contributed by atoms with Crippen molar-refractivity contribution in [2.24, 2.45) is 0 Å². The Morgan fingerprint density at radius 3 is 2.33 bits per heavy atom. The molecule has 4 heterocycles. The molecule has 22 heteroatoms. The molecule has 6 N–H and O–H groups in total. The van der Waals surface area contributed by atoms with E-state index >= 15 is 0 Å². The van der Waals surface area contributed by atoms with Gasteiger partial charge in [-0.1, -0.05) is 6.07 Å². The van der Waals surface area contributed by atoms with E-state index in [0.29, 0.717) is 11.3 Å². The number of rotatable bonds is 11. The van der Waals surface area contributed by atoms with Gasteiger partial charge in [0.1, 0.15) is 18.3 Å². The molecular weight excluding hydrogens is 629 g/mol. The first-order valence-corrected chi connectivity index (χ1v) is 16.0. The number of pyridine rings is 2. The van der Waals surface area contributed by atoms with Gasteiger partial charge in [-0.15, -0.1) is 0 Å². The highest BCUT2D eigenvalue weighted by Crippen LogP contribution is 2.66. The summed E-state index contributed by atoms with van der Waals surface area (Å²) in [6, 6.07) is 7.88. The van der Waals surface area contributed by atoms with Gasteiger partial charge in [0.05, 0.1) is 18.8 Å². The van der Waals surface area contributed by atoms with Crippen molar-refractivity contribution in [2.45, 2.75) is 31.1 Å². The summed E-state index contributed by atoms with van der Waals surface area (Å²) in [5.74, 6) is 0. The normalized spacial score (nSPS) is 23.8. The predicted molar refractivity (Wildman–Crippen MR) is 137 cm³/mol. The van der Waals surface area contributed by atoms with E-state index in [1.54, 1.807) is 36.7 Å². The second-order valence-corrected chi connectivity index (χ2v) is 13.1. The lowest BCUT2D eigenvalue weighted by atomic mass is 10.1. The van der Waals surface area contributed by atoms with Gasteiger partial charge in [0, 0.05) is 36.4 Å². The fraction of sp³-hybridized carbons (Fsp3) is 0.300. The quantitative estimate of drug-likeness (QED) is 0.142. The Bertz CT molecular complexity index is 1690. The van der Waals surface area contributed by atoms with Crippen molar-refractivity contribution in [3.8, 4) is 11.1 Å². The fourth-order valence-corrected chi connectivity index (χ4v) is 6.91. The molecule has 3 aromatic rings. The molecule has 1 aliphatic heterocycles. The van der Waals surface area contributed by atoms with Gasteiger partial charge in [0.25, 0.3) is 5.56 Å². The van der Waals surface area contributed by atoms with Gasteiger partial charge >= 0.3 is 29.2 Å². The van der Waals surface area contributed by atoms with Crippen molar-refractivity contribution >= 4 is 23.5 Å². The third kappa shape index (κ3) is 8.00. The van der Waals surface area contributed by atoms with Gasteiger partial charge in [-0.2, -0.15) is 8.62 Å². The maximum atomic E-state index is 13.2. The number of aliphatic hydroxyl groups is 2. The van der Waals surface area contributed by atoms with Crippen LogP contribution in [-0.4, -0.2) is 73.8 Å². The van der Waals surface area contributed by atoms with Crippen LogP contribution in [0.4, 0.5) is 0 Å². The number of hydrogen-bond donors (Lipinski definition) is 6. The summed E-state index contributed by atoms with van der Waals surface area (Å²) < 4.78 is 52.8. The van der Waals surface area contributed by atoms with Crippen LogP contribution >= 0.6 is 23.5 Å². The molecule has 0 aromatic carbocycles. The second kappa shape index (κ2) is 12.5. The van der Waals surface area contributed by atoms with Gasteiger partial charge in [-0.25, -0.2) is 18.5 Å². The fourth-order valence-electron chi connectivity index (χ4n) is 3.88. The molecule has 0 radical (unpaired) electrons. The van der Waals surface area contributed by atoms with Crippen LogP contribution in [0.5, 0.6) is 0 Å². The summed E-state index contributed by atoms with van der Waals surface area (Å²) in [6.45, 7) is -1.37. The maximum absolute atomic E-state index is 13.2. The van der Waals surface area contributed by atoms with Crippen LogP contribution in [0.3, 0.4) is 0 Å². The van der Waals surface area contributed by atoms with Gasteiger partial charge in [0.15, 0.2) is 6.23 Å². The lowest BCUT2D eigenvalue weighted by Crippen LogP contribution is -2.43. The van der Waals surface area contributed by atoms with Crippen molar-refractivity contribution in [1.29, 1.82) is 0 Å². The van der Waals surface area contributed by atoms with Crippen molar-refractivity contribution in [3.63, 3.8) is 0 Å². The Balaban J connectivity index is 1.50. The number of phosphoric acid groups is 3. The first-order valence-electron chi connectivity index (χ1n) is 11.5. The molecule has 1 aliphatic rings. The van der Waals surface area contributed by atoms with E-state index in [4.69, 9.17) is 14.5 Å². The van der Waals surface area contributed by atoms with Crippen molar-refractivity contribution in [1.82, 2.24) is 19.1 Å². The van der Waals surface area contributed by atoms with E-state index in [9.17, 15) is 43.3 Å².